The average molecular weight is 378 g/mol. The molecule has 2 aliphatic heterocycles. The SMILES string of the molecule is O=C(OCC1c2ccccc2-c2ccccc21)N1C[C@@H](O)[C@H](N2CCCC2)C1. The largest absolute Gasteiger partial charge is 0.448 e. The molecule has 0 bridgehead atoms. The zero-order chi connectivity index (χ0) is 19.1. The van der Waals surface area contributed by atoms with Crippen LogP contribution in [0.3, 0.4) is 0 Å². The molecule has 1 amide bonds. The zero-order valence-electron chi connectivity index (χ0n) is 16.0. The highest BCUT2D eigenvalue weighted by Crippen LogP contribution is 2.44. The van der Waals surface area contributed by atoms with Crippen LogP contribution in [0, 0.1) is 0 Å². The first-order valence-electron chi connectivity index (χ1n) is 10.2. The number of β-amino-alcohol motifs (C(OH)–C–C–N with tert-alkyl or cyclic N) is 1. The average Bonchev–Trinajstić information content (AvgIpc) is 3.44. The number of aliphatic hydroxyl groups excluding tert-OH is 1. The van der Waals surface area contributed by atoms with Crippen molar-refractivity contribution in [1.82, 2.24) is 9.80 Å². The molecule has 1 N–H and O–H groups in total. The van der Waals surface area contributed by atoms with E-state index in [-0.39, 0.29) is 18.1 Å². The van der Waals surface area contributed by atoms with Gasteiger partial charge < -0.3 is 14.7 Å². The molecule has 2 aromatic carbocycles. The van der Waals surface area contributed by atoms with E-state index in [1.807, 2.05) is 24.3 Å². The van der Waals surface area contributed by atoms with Crippen LogP contribution in [-0.2, 0) is 4.74 Å². The molecule has 5 nitrogen and oxygen atoms in total. The maximum absolute atomic E-state index is 12.7. The summed E-state index contributed by atoms with van der Waals surface area (Å²) < 4.78 is 5.74. The number of likely N-dealkylation sites (tertiary alicyclic amines) is 2. The van der Waals surface area contributed by atoms with Gasteiger partial charge in [-0.25, -0.2) is 4.79 Å². The smallest absolute Gasteiger partial charge is 0.409 e. The second kappa shape index (κ2) is 7.22. The van der Waals surface area contributed by atoms with Gasteiger partial charge in [0.15, 0.2) is 0 Å². The highest BCUT2D eigenvalue weighted by Gasteiger charge is 2.39. The van der Waals surface area contributed by atoms with Crippen molar-refractivity contribution < 1.29 is 14.6 Å². The highest BCUT2D eigenvalue weighted by molar-refractivity contribution is 5.79. The molecule has 28 heavy (non-hydrogen) atoms. The van der Waals surface area contributed by atoms with Gasteiger partial charge in [0, 0.05) is 12.5 Å². The molecule has 5 heteroatoms. The van der Waals surface area contributed by atoms with Gasteiger partial charge in [-0.3, -0.25) is 4.90 Å². The predicted octanol–water partition coefficient (Wildman–Crippen LogP) is 3.08. The number of aliphatic hydroxyl groups is 1. The molecule has 2 heterocycles. The molecular formula is C23H26N2O3. The Morgan fingerprint density at radius 3 is 2.21 bits per heavy atom. The molecule has 0 unspecified atom stereocenters. The summed E-state index contributed by atoms with van der Waals surface area (Å²) in [6, 6.07) is 16.7. The Balaban J connectivity index is 1.27. The Labute approximate surface area is 165 Å². The van der Waals surface area contributed by atoms with Gasteiger partial charge in [0.1, 0.15) is 6.61 Å². The standard InChI is InChI=1S/C23H26N2O3/c26-22-14-25(13-21(22)24-11-5-6-12-24)23(27)28-15-20-18-9-3-1-7-16(18)17-8-2-4-10-19(17)20/h1-4,7-10,20-22,26H,5-6,11-15H2/t21-,22-/m1/s1. The van der Waals surface area contributed by atoms with E-state index >= 15 is 0 Å². The van der Waals surface area contributed by atoms with Crippen LogP contribution in [0.15, 0.2) is 48.5 Å². The molecular weight excluding hydrogens is 352 g/mol. The van der Waals surface area contributed by atoms with Crippen molar-refractivity contribution in [2.75, 3.05) is 32.8 Å². The first-order valence-corrected chi connectivity index (χ1v) is 10.2. The van der Waals surface area contributed by atoms with Crippen molar-refractivity contribution >= 4 is 6.09 Å². The maximum Gasteiger partial charge on any atom is 0.409 e. The van der Waals surface area contributed by atoms with E-state index in [4.69, 9.17) is 4.74 Å². The van der Waals surface area contributed by atoms with Crippen LogP contribution in [0.1, 0.15) is 29.9 Å². The van der Waals surface area contributed by atoms with Gasteiger partial charge in [0.05, 0.1) is 18.7 Å². The van der Waals surface area contributed by atoms with Gasteiger partial charge in [-0.05, 0) is 48.2 Å². The van der Waals surface area contributed by atoms with E-state index in [1.54, 1.807) is 4.90 Å². The Hall–Kier alpha value is -2.37. The molecule has 2 aromatic rings. The van der Waals surface area contributed by atoms with Crippen molar-refractivity contribution in [3.05, 3.63) is 59.7 Å². The molecule has 146 valence electrons. The molecule has 0 radical (unpaired) electrons. The molecule has 0 spiro atoms. The van der Waals surface area contributed by atoms with Gasteiger partial charge >= 0.3 is 6.09 Å². The Morgan fingerprint density at radius 2 is 1.57 bits per heavy atom. The van der Waals surface area contributed by atoms with Crippen molar-refractivity contribution in [3.8, 4) is 11.1 Å². The van der Waals surface area contributed by atoms with E-state index in [2.05, 4.69) is 29.2 Å². The van der Waals surface area contributed by atoms with Crippen molar-refractivity contribution in [3.63, 3.8) is 0 Å². The van der Waals surface area contributed by atoms with Gasteiger partial charge in [-0.2, -0.15) is 0 Å². The van der Waals surface area contributed by atoms with Gasteiger partial charge in [0.2, 0.25) is 0 Å². The number of fused-ring (bicyclic) bond motifs is 3. The second-order valence-corrected chi connectivity index (χ2v) is 8.09. The lowest BCUT2D eigenvalue weighted by Gasteiger charge is -2.25. The van der Waals surface area contributed by atoms with E-state index in [1.165, 1.54) is 35.1 Å². The van der Waals surface area contributed by atoms with E-state index in [0.29, 0.717) is 19.7 Å². The van der Waals surface area contributed by atoms with E-state index < -0.39 is 6.10 Å². The van der Waals surface area contributed by atoms with Crippen molar-refractivity contribution in [2.45, 2.75) is 30.9 Å². The monoisotopic (exact) mass is 378 g/mol. The number of hydrogen-bond donors (Lipinski definition) is 1. The van der Waals surface area contributed by atoms with Crippen LogP contribution >= 0.6 is 0 Å². The molecule has 5 rings (SSSR count). The van der Waals surface area contributed by atoms with Crippen LogP contribution in [0.25, 0.3) is 11.1 Å². The number of amides is 1. The zero-order valence-corrected chi connectivity index (χ0v) is 16.0. The molecule has 2 saturated heterocycles. The number of hydrogen-bond acceptors (Lipinski definition) is 4. The third-order valence-corrected chi connectivity index (χ3v) is 6.46. The summed E-state index contributed by atoms with van der Waals surface area (Å²) >= 11 is 0. The van der Waals surface area contributed by atoms with Crippen LogP contribution < -0.4 is 0 Å². The van der Waals surface area contributed by atoms with Gasteiger partial charge in [0.25, 0.3) is 0 Å². The molecule has 0 aromatic heterocycles. The number of benzene rings is 2. The van der Waals surface area contributed by atoms with Gasteiger partial charge in [-0.1, -0.05) is 48.5 Å². The fourth-order valence-electron chi connectivity index (χ4n) is 5.04. The van der Waals surface area contributed by atoms with E-state index in [0.717, 1.165) is 13.1 Å². The Bertz CT molecular complexity index is 832. The first kappa shape index (κ1) is 17.7. The van der Waals surface area contributed by atoms with Crippen molar-refractivity contribution in [1.29, 1.82) is 0 Å². The highest BCUT2D eigenvalue weighted by atomic mass is 16.6. The second-order valence-electron chi connectivity index (χ2n) is 8.09. The fraction of sp³-hybridized carbons (Fsp3) is 0.435. The van der Waals surface area contributed by atoms with Crippen LogP contribution in [-0.4, -0.2) is 65.9 Å². The normalized spacial score (nSPS) is 24.4. The lowest BCUT2D eigenvalue weighted by Crippen LogP contribution is -2.41. The summed E-state index contributed by atoms with van der Waals surface area (Å²) in [6.45, 7) is 3.27. The maximum atomic E-state index is 12.7. The minimum Gasteiger partial charge on any atom is -0.448 e. The Kier molecular flexibility index (Phi) is 4.57. The predicted molar refractivity (Wildman–Crippen MR) is 107 cm³/mol. The van der Waals surface area contributed by atoms with Crippen LogP contribution in [0.5, 0.6) is 0 Å². The first-order chi connectivity index (χ1) is 13.7. The summed E-state index contributed by atoms with van der Waals surface area (Å²) in [5, 5.41) is 10.4. The summed E-state index contributed by atoms with van der Waals surface area (Å²) in [7, 11) is 0. The minimum atomic E-state index is -0.487. The third-order valence-electron chi connectivity index (χ3n) is 6.46. The molecule has 0 saturated carbocycles. The fourth-order valence-corrected chi connectivity index (χ4v) is 5.04. The number of rotatable bonds is 3. The number of ether oxygens (including phenoxy) is 1. The van der Waals surface area contributed by atoms with Crippen LogP contribution in [0.2, 0.25) is 0 Å². The third kappa shape index (κ3) is 2.99. The number of carbonyl (C=O) groups excluding carboxylic acids is 1. The quantitative estimate of drug-likeness (QED) is 0.892. The summed E-state index contributed by atoms with van der Waals surface area (Å²) in [4.78, 5) is 16.7. The molecule has 3 aliphatic rings. The minimum absolute atomic E-state index is 0.0444. The molecule has 1 aliphatic carbocycles. The lowest BCUT2D eigenvalue weighted by molar-refractivity contribution is 0.0938. The van der Waals surface area contributed by atoms with Crippen LogP contribution in [0.4, 0.5) is 4.79 Å². The van der Waals surface area contributed by atoms with Gasteiger partial charge in [-0.15, -0.1) is 0 Å². The number of carbonyl (C=O) groups is 1. The lowest BCUT2D eigenvalue weighted by atomic mass is 9.98. The summed E-state index contributed by atoms with van der Waals surface area (Å²) in [6.07, 6.45) is 1.55. The molecule has 2 atom stereocenters. The molecule has 2 fully saturated rings. The van der Waals surface area contributed by atoms with E-state index in [9.17, 15) is 9.90 Å². The Morgan fingerprint density at radius 1 is 0.964 bits per heavy atom. The number of nitrogens with zero attached hydrogens (tertiary/aromatic N) is 2. The topological polar surface area (TPSA) is 53.0 Å². The summed E-state index contributed by atoms with van der Waals surface area (Å²) in [5.74, 6) is 0.0678. The van der Waals surface area contributed by atoms with Crippen molar-refractivity contribution in [2.24, 2.45) is 0 Å². The summed E-state index contributed by atoms with van der Waals surface area (Å²) in [5.41, 5.74) is 4.88.